The molecule has 10 nitrogen and oxygen atoms in total. The molecule has 0 aromatic heterocycles. The summed E-state index contributed by atoms with van der Waals surface area (Å²) < 4.78 is 20.7. The molecule has 2 fully saturated rings. The van der Waals surface area contributed by atoms with Crippen LogP contribution in [-0.2, 0) is 18.9 Å². The van der Waals surface area contributed by atoms with E-state index in [9.17, 15) is 25.5 Å². The number of rotatable bonds is 4. The fourth-order valence-electron chi connectivity index (χ4n) is 2.45. The largest absolute Gasteiger partial charge is 0.394 e. The molecule has 0 radical (unpaired) electrons. The Morgan fingerprint density at radius 1 is 0.955 bits per heavy atom. The zero-order valence-electron chi connectivity index (χ0n) is 11.9. The molecule has 0 saturated carbocycles. The quantitative estimate of drug-likeness (QED) is 0.300. The summed E-state index contributed by atoms with van der Waals surface area (Å²) in [6.45, 7) is -0.765. The summed E-state index contributed by atoms with van der Waals surface area (Å²) in [6, 6.07) is 0. The van der Waals surface area contributed by atoms with Crippen LogP contribution in [0.4, 0.5) is 0 Å². The van der Waals surface area contributed by atoms with Crippen molar-refractivity contribution in [2.24, 2.45) is 0 Å². The van der Waals surface area contributed by atoms with Crippen LogP contribution < -0.4 is 0 Å². The number of aliphatic hydroxyl groups is 6. The van der Waals surface area contributed by atoms with Gasteiger partial charge in [0.1, 0.15) is 42.7 Å². The van der Waals surface area contributed by atoms with Crippen molar-refractivity contribution in [1.82, 2.24) is 0 Å². The smallest absolute Gasteiger partial charge is 0.187 e. The van der Waals surface area contributed by atoms with Gasteiger partial charge in [-0.25, -0.2) is 0 Å². The molecule has 0 amide bonds. The highest BCUT2D eigenvalue weighted by Gasteiger charge is 2.48. The standard InChI is InChI=1S/C12H22O10/c1-19-12-10(6(15)4(14)3-20-12)22-11-9(18)8(17)7(16)5(2-13)21-11/h4-18H,2-3H2,1H3. The van der Waals surface area contributed by atoms with Gasteiger partial charge in [-0.3, -0.25) is 0 Å². The summed E-state index contributed by atoms with van der Waals surface area (Å²) in [5.74, 6) is 0. The third-order valence-corrected chi connectivity index (χ3v) is 3.80. The second-order valence-corrected chi connectivity index (χ2v) is 5.29. The molecule has 2 aliphatic heterocycles. The monoisotopic (exact) mass is 326 g/mol. The van der Waals surface area contributed by atoms with Crippen molar-refractivity contribution in [2.75, 3.05) is 20.3 Å². The van der Waals surface area contributed by atoms with Crippen LogP contribution in [0.25, 0.3) is 0 Å². The van der Waals surface area contributed by atoms with Crippen molar-refractivity contribution < 1.29 is 49.6 Å². The first-order valence-corrected chi connectivity index (χ1v) is 6.87. The number of methoxy groups -OCH3 is 1. The molecule has 0 aromatic rings. The van der Waals surface area contributed by atoms with Crippen molar-refractivity contribution in [1.29, 1.82) is 0 Å². The number of hydrogen-bond acceptors (Lipinski definition) is 10. The Kier molecular flexibility index (Phi) is 6.07. The van der Waals surface area contributed by atoms with E-state index in [-0.39, 0.29) is 6.61 Å². The fourth-order valence-corrected chi connectivity index (χ4v) is 2.45. The van der Waals surface area contributed by atoms with Gasteiger partial charge in [0.25, 0.3) is 0 Å². The Labute approximate surface area is 126 Å². The maximum absolute atomic E-state index is 9.96. The second kappa shape index (κ2) is 7.45. The van der Waals surface area contributed by atoms with Crippen LogP contribution in [-0.4, -0.2) is 106 Å². The molecule has 0 aliphatic carbocycles. The molecular weight excluding hydrogens is 304 g/mol. The molecule has 2 aliphatic rings. The van der Waals surface area contributed by atoms with E-state index >= 15 is 0 Å². The summed E-state index contributed by atoms with van der Waals surface area (Å²) in [6.07, 6.45) is -12.2. The van der Waals surface area contributed by atoms with Crippen LogP contribution in [0.5, 0.6) is 0 Å². The van der Waals surface area contributed by atoms with E-state index in [1.54, 1.807) is 0 Å². The zero-order chi connectivity index (χ0) is 16.4. The molecule has 130 valence electrons. The fraction of sp³-hybridized carbons (Fsp3) is 1.00. The number of aliphatic hydroxyl groups excluding tert-OH is 6. The third kappa shape index (κ3) is 3.41. The molecule has 9 unspecified atom stereocenters. The Bertz CT molecular complexity index is 351. The minimum atomic E-state index is -1.62. The highest BCUT2D eigenvalue weighted by atomic mass is 16.7. The van der Waals surface area contributed by atoms with Gasteiger partial charge in [0.15, 0.2) is 12.6 Å². The minimum Gasteiger partial charge on any atom is -0.394 e. The summed E-state index contributed by atoms with van der Waals surface area (Å²) in [5, 5.41) is 58.0. The summed E-state index contributed by atoms with van der Waals surface area (Å²) in [4.78, 5) is 0. The third-order valence-electron chi connectivity index (χ3n) is 3.80. The van der Waals surface area contributed by atoms with Gasteiger partial charge in [-0.15, -0.1) is 0 Å². The molecule has 9 atom stereocenters. The topological polar surface area (TPSA) is 158 Å². The molecular formula is C12H22O10. The van der Waals surface area contributed by atoms with Crippen molar-refractivity contribution >= 4 is 0 Å². The molecule has 0 spiro atoms. The lowest BCUT2D eigenvalue weighted by Gasteiger charge is -2.44. The number of hydrogen-bond donors (Lipinski definition) is 6. The van der Waals surface area contributed by atoms with Crippen LogP contribution in [0.15, 0.2) is 0 Å². The first-order chi connectivity index (χ1) is 10.4. The molecule has 10 heteroatoms. The van der Waals surface area contributed by atoms with E-state index in [4.69, 9.17) is 24.1 Å². The highest BCUT2D eigenvalue weighted by Crippen LogP contribution is 2.27. The van der Waals surface area contributed by atoms with E-state index in [0.29, 0.717) is 0 Å². The van der Waals surface area contributed by atoms with Crippen LogP contribution >= 0.6 is 0 Å². The molecule has 6 N–H and O–H groups in total. The van der Waals surface area contributed by atoms with Gasteiger partial charge in [0, 0.05) is 7.11 Å². The van der Waals surface area contributed by atoms with Gasteiger partial charge in [-0.1, -0.05) is 0 Å². The van der Waals surface area contributed by atoms with Crippen molar-refractivity contribution in [3.63, 3.8) is 0 Å². The molecule has 2 rings (SSSR count). The predicted octanol–water partition coefficient (Wildman–Crippen LogP) is -4.10. The first kappa shape index (κ1) is 17.9. The zero-order valence-corrected chi connectivity index (χ0v) is 11.9. The van der Waals surface area contributed by atoms with Crippen LogP contribution in [0, 0.1) is 0 Å². The maximum atomic E-state index is 9.96. The van der Waals surface area contributed by atoms with E-state index in [1.807, 2.05) is 0 Å². The van der Waals surface area contributed by atoms with Gasteiger partial charge in [0.05, 0.1) is 13.2 Å². The minimum absolute atomic E-state index is 0.159. The highest BCUT2D eigenvalue weighted by molar-refractivity contribution is 4.91. The van der Waals surface area contributed by atoms with Gasteiger partial charge >= 0.3 is 0 Å². The summed E-state index contributed by atoms with van der Waals surface area (Å²) >= 11 is 0. The Hall–Kier alpha value is -0.400. The van der Waals surface area contributed by atoms with Crippen LogP contribution in [0.3, 0.4) is 0 Å². The van der Waals surface area contributed by atoms with Crippen molar-refractivity contribution in [3.05, 3.63) is 0 Å². The summed E-state index contributed by atoms with van der Waals surface area (Å²) in [7, 11) is 1.30. The lowest BCUT2D eigenvalue weighted by molar-refractivity contribution is -0.354. The van der Waals surface area contributed by atoms with Crippen LogP contribution in [0.1, 0.15) is 0 Å². The van der Waals surface area contributed by atoms with Gasteiger partial charge in [-0.2, -0.15) is 0 Å². The van der Waals surface area contributed by atoms with Crippen molar-refractivity contribution in [2.45, 2.75) is 55.3 Å². The summed E-state index contributed by atoms with van der Waals surface area (Å²) in [5.41, 5.74) is 0. The normalized spacial score (nSPS) is 50.0. The van der Waals surface area contributed by atoms with E-state index < -0.39 is 61.9 Å². The predicted molar refractivity (Wildman–Crippen MR) is 67.4 cm³/mol. The maximum Gasteiger partial charge on any atom is 0.187 e. The Morgan fingerprint density at radius 2 is 1.64 bits per heavy atom. The van der Waals surface area contributed by atoms with E-state index in [1.165, 1.54) is 7.11 Å². The molecule has 22 heavy (non-hydrogen) atoms. The lowest BCUT2D eigenvalue weighted by atomic mass is 9.99. The first-order valence-electron chi connectivity index (χ1n) is 6.87. The molecule has 2 saturated heterocycles. The van der Waals surface area contributed by atoms with Crippen LogP contribution in [0.2, 0.25) is 0 Å². The Balaban J connectivity index is 2.09. The van der Waals surface area contributed by atoms with Gasteiger partial charge < -0.3 is 49.6 Å². The second-order valence-electron chi connectivity index (χ2n) is 5.29. The molecule has 2 heterocycles. The average molecular weight is 326 g/mol. The molecule has 0 bridgehead atoms. The van der Waals surface area contributed by atoms with Gasteiger partial charge in [-0.05, 0) is 0 Å². The van der Waals surface area contributed by atoms with E-state index in [0.717, 1.165) is 0 Å². The SMILES string of the molecule is COC1OCC(O)C(O)C1OC1OC(CO)C(O)C(O)C1O. The Morgan fingerprint density at radius 3 is 2.23 bits per heavy atom. The molecule has 0 aromatic carbocycles. The van der Waals surface area contributed by atoms with Gasteiger partial charge in [0.2, 0.25) is 0 Å². The lowest BCUT2D eigenvalue weighted by Crippen LogP contribution is -2.62. The van der Waals surface area contributed by atoms with E-state index in [2.05, 4.69) is 0 Å². The van der Waals surface area contributed by atoms with Crippen molar-refractivity contribution in [3.8, 4) is 0 Å². The average Bonchev–Trinajstić information content (AvgIpc) is 2.52. The number of ether oxygens (including phenoxy) is 4.